The molecule has 1 N–H and O–H groups in total. The van der Waals surface area contributed by atoms with Gasteiger partial charge in [-0.25, -0.2) is 0 Å². The maximum atomic E-state index is 12.5. The lowest BCUT2D eigenvalue weighted by Crippen LogP contribution is -2.44. The number of halogens is 3. The number of hydrogen-bond donors (Lipinski definition) is 1. The third kappa shape index (κ3) is 4.79. The Bertz CT molecular complexity index is 669. The molecule has 0 aliphatic heterocycles. The van der Waals surface area contributed by atoms with Gasteiger partial charge in [0.05, 0.1) is 0 Å². The van der Waals surface area contributed by atoms with Crippen molar-refractivity contribution in [2.45, 2.75) is 30.1 Å². The number of carbonyl (C=O) groups is 1. The molecule has 0 aromatic heterocycles. The fraction of sp³-hybridized carbons (Fsp3) is 0.278. The average molecular weight is 386 g/mol. The molecule has 2 rings (SSSR count). The highest BCUT2D eigenvalue weighted by molar-refractivity contribution is 6.77. The Labute approximate surface area is 157 Å². The number of para-hydroxylation sites is 1. The van der Waals surface area contributed by atoms with E-state index in [9.17, 15) is 4.79 Å². The van der Waals surface area contributed by atoms with E-state index < -0.39 is 9.70 Å². The Hall–Kier alpha value is -1.42. The molecule has 0 saturated carbocycles. The van der Waals surface area contributed by atoms with Gasteiger partial charge in [0.2, 0.25) is 0 Å². The molecule has 0 aliphatic rings. The normalized spacial score (nSPS) is 12.5. The highest BCUT2D eigenvalue weighted by Gasteiger charge is 2.37. The van der Waals surface area contributed by atoms with Crippen LogP contribution in [0.4, 0.5) is 17.1 Å². The van der Waals surface area contributed by atoms with Crippen LogP contribution in [0.15, 0.2) is 54.6 Å². The van der Waals surface area contributed by atoms with Crippen LogP contribution in [0, 0.1) is 0 Å². The van der Waals surface area contributed by atoms with Crippen LogP contribution in [0.25, 0.3) is 0 Å². The number of hydrogen-bond acceptors (Lipinski definition) is 2. The van der Waals surface area contributed by atoms with Crippen molar-refractivity contribution in [3.63, 3.8) is 0 Å². The lowest BCUT2D eigenvalue weighted by molar-refractivity contribution is -0.118. The standard InChI is InChI=1S/C18H19Cl3N2O/c1-3-13(2)23(17(24)18(19,20)21)16-11-9-15(10-12-16)22-14-7-5-4-6-8-14/h4-13,22H,3H2,1-2H3. The molecule has 0 radical (unpaired) electrons. The van der Waals surface area contributed by atoms with Gasteiger partial charge in [-0.15, -0.1) is 0 Å². The third-order valence-corrected chi connectivity index (χ3v) is 4.19. The summed E-state index contributed by atoms with van der Waals surface area (Å²) in [5.41, 5.74) is 2.59. The minimum atomic E-state index is -1.98. The van der Waals surface area contributed by atoms with Gasteiger partial charge in [-0.05, 0) is 49.7 Å². The van der Waals surface area contributed by atoms with Gasteiger partial charge in [0.1, 0.15) is 0 Å². The third-order valence-electron chi connectivity index (χ3n) is 3.70. The molecule has 0 aliphatic carbocycles. The molecular weight excluding hydrogens is 367 g/mol. The number of rotatable bonds is 5. The van der Waals surface area contributed by atoms with Crippen LogP contribution in [-0.4, -0.2) is 15.7 Å². The first kappa shape index (κ1) is 18.9. The number of amides is 1. The SMILES string of the molecule is CCC(C)N(C(=O)C(Cl)(Cl)Cl)c1ccc(Nc2ccccc2)cc1. The lowest BCUT2D eigenvalue weighted by Gasteiger charge is -2.31. The molecule has 0 spiro atoms. The molecule has 128 valence electrons. The Balaban J connectivity index is 2.24. The summed E-state index contributed by atoms with van der Waals surface area (Å²) in [5, 5.41) is 3.29. The van der Waals surface area contributed by atoms with Gasteiger partial charge in [0.25, 0.3) is 9.70 Å². The van der Waals surface area contributed by atoms with Gasteiger partial charge in [-0.2, -0.15) is 0 Å². The van der Waals surface area contributed by atoms with Gasteiger partial charge < -0.3 is 10.2 Å². The van der Waals surface area contributed by atoms with E-state index in [1.54, 1.807) is 0 Å². The van der Waals surface area contributed by atoms with Crippen LogP contribution >= 0.6 is 34.8 Å². The highest BCUT2D eigenvalue weighted by atomic mass is 35.6. The van der Waals surface area contributed by atoms with Gasteiger partial charge in [0, 0.05) is 23.1 Å². The zero-order chi connectivity index (χ0) is 17.7. The summed E-state index contributed by atoms with van der Waals surface area (Å²) in [7, 11) is 0. The van der Waals surface area contributed by atoms with Crippen molar-refractivity contribution in [2.24, 2.45) is 0 Å². The van der Waals surface area contributed by atoms with Gasteiger partial charge in [0.15, 0.2) is 0 Å². The molecule has 0 saturated heterocycles. The molecule has 3 nitrogen and oxygen atoms in total. The zero-order valence-corrected chi connectivity index (χ0v) is 15.7. The van der Waals surface area contributed by atoms with Crippen LogP contribution in [0.3, 0.4) is 0 Å². The second-order valence-corrected chi connectivity index (χ2v) is 7.75. The minimum absolute atomic E-state index is 0.0824. The summed E-state index contributed by atoms with van der Waals surface area (Å²) < 4.78 is -1.98. The molecule has 0 bridgehead atoms. The molecule has 6 heteroatoms. The smallest absolute Gasteiger partial charge is 0.279 e. The maximum Gasteiger partial charge on any atom is 0.279 e. The number of carbonyl (C=O) groups excluding carboxylic acids is 1. The van der Waals surface area contributed by atoms with Crippen molar-refractivity contribution in [3.8, 4) is 0 Å². The van der Waals surface area contributed by atoms with E-state index in [1.165, 1.54) is 4.90 Å². The van der Waals surface area contributed by atoms with E-state index in [2.05, 4.69) is 5.32 Å². The molecule has 0 fully saturated rings. The van der Waals surface area contributed by atoms with E-state index in [-0.39, 0.29) is 6.04 Å². The Morgan fingerprint density at radius 1 is 1.04 bits per heavy atom. The second kappa shape index (κ2) is 8.11. The van der Waals surface area contributed by atoms with Gasteiger partial charge in [-0.3, -0.25) is 4.79 Å². The summed E-state index contributed by atoms with van der Waals surface area (Å²) in [5.74, 6) is -0.550. The Kier molecular flexibility index (Phi) is 6.39. The number of alkyl halides is 3. The first-order chi connectivity index (χ1) is 11.3. The molecule has 1 atom stereocenters. The fourth-order valence-electron chi connectivity index (χ4n) is 2.28. The fourth-order valence-corrected chi connectivity index (χ4v) is 2.56. The van der Waals surface area contributed by atoms with Crippen molar-refractivity contribution in [2.75, 3.05) is 10.2 Å². The summed E-state index contributed by atoms with van der Waals surface area (Å²) in [6.45, 7) is 3.90. The van der Waals surface area contributed by atoms with Crippen molar-refractivity contribution >= 4 is 57.8 Å². The van der Waals surface area contributed by atoms with Crippen LogP contribution in [-0.2, 0) is 4.79 Å². The van der Waals surface area contributed by atoms with Crippen molar-refractivity contribution in [3.05, 3.63) is 54.6 Å². The van der Waals surface area contributed by atoms with Gasteiger partial charge in [-0.1, -0.05) is 59.9 Å². The topological polar surface area (TPSA) is 32.3 Å². The molecule has 0 heterocycles. The summed E-state index contributed by atoms with van der Waals surface area (Å²) in [6.07, 6.45) is 0.747. The monoisotopic (exact) mass is 384 g/mol. The van der Waals surface area contributed by atoms with E-state index in [0.29, 0.717) is 5.69 Å². The van der Waals surface area contributed by atoms with Crippen LogP contribution in [0.2, 0.25) is 0 Å². The quantitative estimate of drug-likeness (QED) is 0.647. The molecule has 1 amide bonds. The first-order valence-electron chi connectivity index (χ1n) is 7.65. The van der Waals surface area contributed by atoms with Crippen molar-refractivity contribution in [1.29, 1.82) is 0 Å². The Morgan fingerprint density at radius 2 is 1.58 bits per heavy atom. The van der Waals surface area contributed by atoms with Crippen molar-refractivity contribution in [1.82, 2.24) is 0 Å². The molecule has 24 heavy (non-hydrogen) atoms. The summed E-state index contributed by atoms with van der Waals surface area (Å²) >= 11 is 17.4. The highest BCUT2D eigenvalue weighted by Crippen LogP contribution is 2.33. The largest absolute Gasteiger partial charge is 0.356 e. The van der Waals surface area contributed by atoms with Crippen LogP contribution in [0.5, 0.6) is 0 Å². The lowest BCUT2D eigenvalue weighted by atomic mass is 10.1. The number of nitrogens with one attached hydrogen (secondary N) is 1. The average Bonchev–Trinajstić information content (AvgIpc) is 2.56. The van der Waals surface area contributed by atoms with E-state index in [0.717, 1.165) is 17.8 Å². The zero-order valence-electron chi connectivity index (χ0n) is 13.5. The summed E-state index contributed by atoms with van der Waals surface area (Å²) in [6, 6.07) is 17.2. The van der Waals surface area contributed by atoms with Crippen molar-refractivity contribution < 1.29 is 4.79 Å². The molecule has 1 unspecified atom stereocenters. The number of anilines is 3. The second-order valence-electron chi connectivity index (χ2n) is 5.47. The Morgan fingerprint density at radius 3 is 2.08 bits per heavy atom. The predicted octanol–water partition coefficient (Wildman–Crippen LogP) is 5.93. The molecule has 2 aromatic rings. The number of nitrogens with zero attached hydrogens (tertiary/aromatic N) is 1. The molecule has 2 aromatic carbocycles. The maximum absolute atomic E-state index is 12.5. The first-order valence-corrected chi connectivity index (χ1v) is 8.79. The van der Waals surface area contributed by atoms with Crippen LogP contribution in [0.1, 0.15) is 20.3 Å². The van der Waals surface area contributed by atoms with E-state index in [4.69, 9.17) is 34.8 Å². The van der Waals surface area contributed by atoms with E-state index >= 15 is 0 Å². The number of benzene rings is 2. The van der Waals surface area contributed by atoms with Gasteiger partial charge >= 0.3 is 0 Å². The van der Waals surface area contributed by atoms with Crippen LogP contribution < -0.4 is 10.2 Å². The van der Waals surface area contributed by atoms with E-state index in [1.807, 2.05) is 68.4 Å². The predicted molar refractivity (Wildman–Crippen MR) is 104 cm³/mol. The molecular formula is C18H19Cl3N2O. The summed E-state index contributed by atoms with van der Waals surface area (Å²) in [4.78, 5) is 14.0. The minimum Gasteiger partial charge on any atom is -0.356 e.